The fraction of sp³-hybridized carbons (Fsp3) is 0.500. The Hall–Kier alpha value is -0.830. The van der Waals surface area contributed by atoms with Crippen LogP contribution in [0, 0.1) is 0 Å². The monoisotopic (exact) mass is 127 g/mol. The molecule has 9 heavy (non-hydrogen) atoms. The van der Waals surface area contributed by atoms with Gasteiger partial charge in [-0.3, -0.25) is 4.99 Å². The molecule has 3 nitrogen and oxygen atoms in total. The summed E-state index contributed by atoms with van der Waals surface area (Å²) in [5, 5.41) is 0. The average Bonchev–Trinajstić information content (AvgIpc) is 1.88. The predicted molar refractivity (Wildman–Crippen MR) is 40.4 cm³/mol. The summed E-state index contributed by atoms with van der Waals surface area (Å²) in [6.07, 6.45) is 4.04. The van der Waals surface area contributed by atoms with E-state index in [-0.39, 0.29) is 0 Å². The molecule has 0 spiro atoms. The van der Waals surface area contributed by atoms with Gasteiger partial charge in [0.2, 0.25) is 0 Å². The number of hydrogen-bond donors (Lipinski definition) is 2. The van der Waals surface area contributed by atoms with E-state index >= 15 is 0 Å². The maximum atomic E-state index is 5.28. The van der Waals surface area contributed by atoms with Crippen LogP contribution < -0.4 is 11.5 Å². The Kier molecular flexibility index (Phi) is 4.82. The quantitative estimate of drug-likeness (QED) is 0.519. The van der Waals surface area contributed by atoms with Crippen molar-refractivity contribution in [1.82, 2.24) is 0 Å². The molecule has 0 unspecified atom stereocenters. The molecule has 0 fully saturated rings. The van der Waals surface area contributed by atoms with Gasteiger partial charge in [-0.1, -0.05) is 0 Å². The average molecular weight is 127 g/mol. The van der Waals surface area contributed by atoms with E-state index in [0.717, 1.165) is 12.0 Å². The topological polar surface area (TPSA) is 64.4 Å². The smallest absolute Gasteiger partial charge is 0.0277 e. The molecule has 0 atom stereocenters. The van der Waals surface area contributed by atoms with E-state index < -0.39 is 0 Å². The minimum atomic E-state index is 0.620. The molecule has 0 aromatic carbocycles. The number of nitrogens with two attached hydrogens (primary N) is 2. The van der Waals surface area contributed by atoms with Crippen LogP contribution in [-0.2, 0) is 0 Å². The molecule has 52 valence electrons. The maximum Gasteiger partial charge on any atom is 0.0277 e. The molecule has 0 aliphatic rings. The van der Waals surface area contributed by atoms with E-state index in [2.05, 4.69) is 4.99 Å². The summed E-state index contributed by atoms with van der Waals surface area (Å²) in [6, 6.07) is 0. The predicted octanol–water partition coefficient (Wildman–Crippen LogP) is -0.122. The van der Waals surface area contributed by atoms with Crippen LogP contribution in [0.25, 0.3) is 0 Å². The lowest BCUT2D eigenvalue weighted by Crippen LogP contribution is -2.02. The van der Waals surface area contributed by atoms with Crippen LogP contribution in [0.5, 0.6) is 0 Å². The number of aliphatic imine (C=N–C) groups is 1. The van der Waals surface area contributed by atoms with E-state index in [9.17, 15) is 0 Å². The van der Waals surface area contributed by atoms with E-state index in [1.54, 1.807) is 13.3 Å². The van der Waals surface area contributed by atoms with Crippen molar-refractivity contribution >= 4 is 6.21 Å². The van der Waals surface area contributed by atoms with Gasteiger partial charge >= 0.3 is 0 Å². The minimum absolute atomic E-state index is 0.620. The minimum Gasteiger partial charge on any atom is -0.404 e. The van der Waals surface area contributed by atoms with Gasteiger partial charge in [0.05, 0.1) is 0 Å². The second kappa shape index (κ2) is 5.31. The summed E-state index contributed by atoms with van der Waals surface area (Å²) >= 11 is 0. The van der Waals surface area contributed by atoms with Crippen molar-refractivity contribution in [2.45, 2.75) is 6.42 Å². The van der Waals surface area contributed by atoms with E-state index in [4.69, 9.17) is 11.5 Å². The molecule has 0 aliphatic carbocycles. The summed E-state index contributed by atoms with van der Waals surface area (Å²) in [6.45, 7) is 0.620. The molecule has 0 saturated carbocycles. The first-order valence-corrected chi connectivity index (χ1v) is 2.88. The largest absolute Gasteiger partial charge is 0.404 e. The van der Waals surface area contributed by atoms with Crippen molar-refractivity contribution in [3.63, 3.8) is 0 Å². The fourth-order valence-corrected chi connectivity index (χ4v) is 0.523. The van der Waals surface area contributed by atoms with Gasteiger partial charge in [-0.2, -0.15) is 0 Å². The molecule has 0 bridgehead atoms. The molecule has 0 rings (SSSR count). The first kappa shape index (κ1) is 8.17. The third-order valence-corrected chi connectivity index (χ3v) is 0.942. The standard InChI is InChI=1S/C6H13N3/c1-9-5-6(4-8)2-3-7/h4-5H,2-3,7-8H2,1H3/b6-4-,9-5?. The van der Waals surface area contributed by atoms with Gasteiger partial charge in [0.15, 0.2) is 0 Å². The number of nitrogens with zero attached hydrogens (tertiary/aromatic N) is 1. The summed E-state index contributed by atoms with van der Waals surface area (Å²) < 4.78 is 0. The first-order valence-electron chi connectivity index (χ1n) is 2.88. The van der Waals surface area contributed by atoms with Crippen molar-refractivity contribution in [2.24, 2.45) is 16.5 Å². The third kappa shape index (κ3) is 3.73. The molecular weight excluding hydrogens is 114 g/mol. The van der Waals surface area contributed by atoms with Crippen LogP contribution in [-0.4, -0.2) is 19.8 Å². The Bertz CT molecular complexity index is 115. The van der Waals surface area contributed by atoms with Crippen LogP contribution in [0.2, 0.25) is 0 Å². The van der Waals surface area contributed by atoms with Gasteiger partial charge < -0.3 is 11.5 Å². The summed E-state index contributed by atoms with van der Waals surface area (Å²) in [7, 11) is 1.71. The summed E-state index contributed by atoms with van der Waals surface area (Å²) in [4.78, 5) is 3.80. The highest BCUT2D eigenvalue weighted by molar-refractivity contribution is 5.78. The van der Waals surface area contributed by atoms with Crippen LogP contribution >= 0.6 is 0 Å². The lowest BCUT2D eigenvalue weighted by molar-refractivity contribution is 0.983. The van der Waals surface area contributed by atoms with Gasteiger partial charge in [0.1, 0.15) is 0 Å². The highest BCUT2D eigenvalue weighted by Crippen LogP contribution is 1.91. The zero-order valence-electron chi connectivity index (χ0n) is 5.67. The SMILES string of the molecule is CN=C/C(=C\N)CCN. The molecule has 0 radical (unpaired) electrons. The van der Waals surface area contributed by atoms with Gasteiger partial charge in [-0.05, 0) is 24.7 Å². The Morgan fingerprint density at radius 3 is 2.67 bits per heavy atom. The molecule has 0 aliphatic heterocycles. The summed E-state index contributed by atoms with van der Waals surface area (Å²) in [5.74, 6) is 0. The van der Waals surface area contributed by atoms with Gasteiger partial charge in [-0.25, -0.2) is 0 Å². The van der Waals surface area contributed by atoms with Crippen molar-refractivity contribution < 1.29 is 0 Å². The van der Waals surface area contributed by atoms with Crippen molar-refractivity contribution in [3.8, 4) is 0 Å². The Morgan fingerprint density at radius 2 is 2.33 bits per heavy atom. The maximum absolute atomic E-state index is 5.28. The lowest BCUT2D eigenvalue weighted by atomic mass is 10.2. The fourth-order valence-electron chi connectivity index (χ4n) is 0.523. The highest BCUT2D eigenvalue weighted by atomic mass is 14.6. The number of rotatable bonds is 3. The summed E-state index contributed by atoms with van der Waals surface area (Å²) in [5.41, 5.74) is 11.5. The second-order valence-electron chi connectivity index (χ2n) is 1.67. The molecule has 4 N–H and O–H groups in total. The lowest BCUT2D eigenvalue weighted by Gasteiger charge is -1.93. The molecule has 0 aromatic rings. The van der Waals surface area contributed by atoms with Crippen LogP contribution in [0.4, 0.5) is 0 Å². The second-order valence-corrected chi connectivity index (χ2v) is 1.67. The molecule has 0 heterocycles. The Morgan fingerprint density at radius 1 is 1.67 bits per heavy atom. The molecule has 0 saturated heterocycles. The van der Waals surface area contributed by atoms with E-state index in [0.29, 0.717) is 6.54 Å². The Balaban J connectivity index is 3.70. The molecule has 3 heteroatoms. The highest BCUT2D eigenvalue weighted by Gasteiger charge is 1.86. The molecule has 0 aromatic heterocycles. The van der Waals surface area contributed by atoms with Crippen molar-refractivity contribution in [1.29, 1.82) is 0 Å². The zero-order valence-corrected chi connectivity index (χ0v) is 5.67. The third-order valence-electron chi connectivity index (χ3n) is 0.942. The van der Waals surface area contributed by atoms with Crippen LogP contribution in [0.1, 0.15) is 6.42 Å². The van der Waals surface area contributed by atoms with Crippen molar-refractivity contribution in [3.05, 3.63) is 11.8 Å². The molecular formula is C6H13N3. The first-order chi connectivity index (χ1) is 4.35. The van der Waals surface area contributed by atoms with E-state index in [1.807, 2.05) is 0 Å². The Labute approximate surface area is 55.4 Å². The number of hydrogen-bond acceptors (Lipinski definition) is 3. The van der Waals surface area contributed by atoms with Crippen LogP contribution in [0.15, 0.2) is 16.8 Å². The molecule has 0 amide bonds. The van der Waals surface area contributed by atoms with Gasteiger partial charge in [-0.15, -0.1) is 0 Å². The van der Waals surface area contributed by atoms with Crippen LogP contribution in [0.3, 0.4) is 0 Å². The van der Waals surface area contributed by atoms with Gasteiger partial charge in [0.25, 0.3) is 0 Å². The zero-order chi connectivity index (χ0) is 7.11. The van der Waals surface area contributed by atoms with Gasteiger partial charge in [0, 0.05) is 13.3 Å². The van der Waals surface area contributed by atoms with Crippen molar-refractivity contribution in [2.75, 3.05) is 13.6 Å². The van der Waals surface area contributed by atoms with E-state index in [1.165, 1.54) is 6.20 Å². The normalized spacial score (nSPS) is 12.9.